The summed E-state index contributed by atoms with van der Waals surface area (Å²) in [5.41, 5.74) is 0.673. The summed E-state index contributed by atoms with van der Waals surface area (Å²) in [4.78, 5) is 10.9. The number of aromatic nitrogens is 2. The molecule has 0 saturated carbocycles. The van der Waals surface area contributed by atoms with Crippen LogP contribution in [0.4, 0.5) is 5.82 Å². The molecule has 0 saturated heterocycles. The van der Waals surface area contributed by atoms with Crippen LogP contribution in [0.5, 0.6) is 0 Å². The minimum atomic E-state index is -0.261. The van der Waals surface area contributed by atoms with E-state index in [1.54, 1.807) is 6.07 Å². The van der Waals surface area contributed by atoms with Gasteiger partial charge >= 0.3 is 5.97 Å². The van der Waals surface area contributed by atoms with Crippen molar-refractivity contribution in [2.24, 2.45) is 0 Å². The fourth-order valence-corrected chi connectivity index (χ4v) is 1.52. The Bertz CT molecular complexity index is 549. The van der Waals surface area contributed by atoms with Crippen LogP contribution in [-0.2, 0) is 9.53 Å². The van der Waals surface area contributed by atoms with Gasteiger partial charge in [0.1, 0.15) is 17.3 Å². The fraction of sp³-hybridized carbons (Fsp3) is 0.308. The predicted octanol–water partition coefficient (Wildman–Crippen LogP) is 2.02. The summed E-state index contributed by atoms with van der Waals surface area (Å²) in [5, 5.41) is 11.1. The molecule has 6 nitrogen and oxygen atoms in total. The molecule has 0 unspecified atom stereocenters. The summed E-state index contributed by atoms with van der Waals surface area (Å²) in [7, 11) is 1.36. The van der Waals surface area contributed by atoms with Gasteiger partial charge in [-0.15, -0.1) is 10.2 Å². The number of anilines is 1. The quantitative estimate of drug-likeness (QED) is 0.830. The Morgan fingerprint density at radius 2 is 2.16 bits per heavy atom. The van der Waals surface area contributed by atoms with Crippen LogP contribution in [-0.4, -0.2) is 29.8 Å². The van der Waals surface area contributed by atoms with Crippen molar-refractivity contribution in [2.45, 2.75) is 13.3 Å². The van der Waals surface area contributed by atoms with Gasteiger partial charge in [0, 0.05) is 6.54 Å². The number of carbonyl (C=O) groups excluding carboxylic acids is 1. The van der Waals surface area contributed by atoms with Gasteiger partial charge in [0.05, 0.1) is 13.5 Å². The third-order valence-corrected chi connectivity index (χ3v) is 2.52. The first-order chi connectivity index (χ1) is 9.19. The molecule has 0 aliphatic heterocycles. The Balaban J connectivity index is 1.93. The van der Waals surface area contributed by atoms with Gasteiger partial charge in [0.15, 0.2) is 5.76 Å². The van der Waals surface area contributed by atoms with E-state index in [0.717, 1.165) is 5.76 Å². The minimum Gasteiger partial charge on any atom is -0.469 e. The van der Waals surface area contributed by atoms with Crippen LogP contribution in [0, 0.1) is 6.92 Å². The molecule has 0 amide bonds. The molecule has 0 atom stereocenters. The second kappa shape index (κ2) is 5.99. The van der Waals surface area contributed by atoms with E-state index in [1.165, 1.54) is 7.11 Å². The lowest BCUT2D eigenvalue weighted by atomic mass is 10.3. The minimum absolute atomic E-state index is 0.261. The maximum atomic E-state index is 10.9. The van der Waals surface area contributed by atoms with Crippen molar-refractivity contribution in [3.8, 4) is 11.5 Å². The van der Waals surface area contributed by atoms with Gasteiger partial charge in [-0.25, -0.2) is 0 Å². The van der Waals surface area contributed by atoms with Crippen LogP contribution in [0.1, 0.15) is 12.2 Å². The lowest BCUT2D eigenvalue weighted by Crippen LogP contribution is -2.10. The number of nitrogens with zero attached hydrogens (tertiary/aromatic N) is 2. The highest BCUT2D eigenvalue weighted by atomic mass is 16.5. The van der Waals surface area contributed by atoms with Crippen molar-refractivity contribution < 1.29 is 13.9 Å². The van der Waals surface area contributed by atoms with E-state index in [-0.39, 0.29) is 12.4 Å². The van der Waals surface area contributed by atoms with Gasteiger partial charge < -0.3 is 14.5 Å². The number of esters is 1. The maximum Gasteiger partial charge on any atom is 0.307 e. The summed E-state index contributed by atoms with van der Waals surface area (Å²) in [6, 6.07) is 7.33. The molecule has 100 valence electrons. The molecule has 0 bridgehead atoms. The number of methoxy groups -OCH3 is 1. The van der Waals surface area contributed by atoms with Crippen LogP contribution in [0.15, 0.2) is 28.7 Å². The summed E-state index contributed by atoms with van der Waals surface area (Å²) in [6.45, 7) is 2.33. The summed E-state index contributed by atoms with van der Waals surface area (Å²) in [5.74, 6) is 1.86. The summed E-state index contributed by atoms with van der Waals surface area (Å²) >= 11 is 0. The van der Waals surface area contributed by atoms with Gasteiger partial charge in [0.25, 0.3) is 0 Å². The van der Waals surface area contributed by atoms with E-state index in [4.69, 9.17) is 4.42 Å². The number of nitrogens with one attached hydrogen (secondary N) is 1. The SMILES string of the molecule is COC(=O)CCNc1ccc(-c2ccc(C)o2)nn1. The van der Waals surface area contributed by atoms with Crippen molar-refractivity contribution in [1.29, 1.82) is 0 Å². The van der Waals surface area contributed by atoms with Crippen LogP contribution >= 0.6 is 0 Å². The molecule has 0 aliphatic carbocycles. The number of rotatable bonds is 5. The first-order valence-corrected chi connectivity index (χ1v) is 5.90. The molecule has 2 aromatic rings. The first-order valence-electron chi connectivity index (χ1n) is 5.90. The highest BCUT2D eigenvalue weighted by Crippen LogP contribution is 2.19. The Morgan fingerprint density at radius 3 is 2.74 bits per heavy atom. The van der Waals surface area contributed by atoms with Gasteiger partial charge in [-0.05, 0) is 31.2 Å². The number of carbonyl (C=O) groups is 1. The maximum absolute atomic E-state index is 10.9. The lowest BCUT2D eigenvalue weighted by Gasteiger charge is -2.04. The van der Waals surface area contributed by atoms with E-state index in [1.807, 2.05) is 25.1 Å². The molecule has 1 N–H and O–H groups in total. The third-order valence-electron chi connectivity index (χ3n) is 2.52. The molecular weight excluding hydrogens is 246 g/mol. The molecule has 2 aromatic heterocycles. The average Bonchev–Trinajstić information content (AvgIpc) is 2.86. The Labute approximate surface area is 110 Å². The third kappa shape index (κ3) is 3.54. The first kappa shape index (κ1) is 13.1. The molecule has 2 heterocycles. The lowest BCUT2D eigenvalue weighted by molar-refractivity contribution is -0.140. The zero-order valence-corrected chi connectivity index (χ0v) is 10.8. The van der Waals surface area contributed by atoms with Crippen LogP contribution in [0.2, 0.25) is 0 Å². The van der Waals surface area contributed by atoms with Crippen molar-refractivity contribution in [3.63, 3.8) is 0 Å². The molecule has 0 aromatic carbocycles. The van der Waals surface area contributed by atoms with E-state index >= 15 is 0 Å². The van der Waals surface area contributed by atoms with Crippen molar-refractivity contribution in [3.05, 3.63) is 30.0 Å². The Hall–Kier alpha value is -2.37. The molecule has 19 heavy (non-hydrogen) atoms. The molecular formula is C13H15N3O3. The number of ether oxygens (including phenoxy) is 1. The largest absolute Gasteiger partial charge is 0.469 e. The van der Waals surface area contributed by atoms with Crippen LogP contribution in [0.3, 0.4) is 0 Å². The van der Waals surface area contributed by atoms with Gasteiger partial charge in [-0.1, -0.05) is 0 Å². The highest BCUT2D eigenvalue weighted by Gasteiger charge is 2.05. The molecule has 0 fully saturated rings. The molecule has 0 aliphatic rings. The van der Waals surface area contributed by atoms with Gasteiger partial charge in [0.2, 0.25) is 0 Å². The van der Waals surface area contributed by atoms with Crippen LogP contribution in [0.25, 0.3) is 11.5 Å². The zero-order chi connectivity index (χ0) is 13.7. The summed E-state index contributed by atoms with van der Waals surface area (Å²) in [6.07, 6.45) is 0.289. The average molecular weight is 261 g/mol. The normalized spacial score (nSPS) is 10.2. The number of hydrogen-bond donors (Lipinski definition) is 1. The Kier molecular flexibility index (Phi) is 4.12. The van der Waals surface area contributed by atoms with Crippen molar-refractivity contribution in [2.75, 3.05) is 19.0 Å². The van der Waals surface area contributed by atoms with E-state index in [2.05, 4.69) is 20.3 Å². The van der Waals surface area contributed by atoms with Crippen molar-refractivity contribution >= 4 is 11.8 Å². The predicted molar refractivity (Wildman–Crippen MR) is 69.6 cm³/mol. The highest BCUT2D eigenvalue weighted by molar-refractivity contribution is 5.69. The Morgan fingerprint density at radius 1 is 1.32 bits per heavy atom. The molecule has 0 spiro atoms. The number of hydrogen-bond acceptors (Lipinski definition) is 6. The molecule has 2 rings (SSSR count). The number of aryl methyl sites for hydroxylation is 1. The molecule has 6 heteroatoms. The fourth-order valence-electron chi connectivity index (χ4n) is 1.52. The van der Waals surface area contributed by atoms with E-state index < -0.39 is 0 Å². The van der Waals surface area contributed by atoms with E-state index in [0.29, 0.717) is 23.8 Å². The topological polar surface area (TPSA) is 77.2 Å². The van der Waals surface area contributed by atoms with Crippen molar-refractivity contribution in [1.82, 2.24) is 10.2 Å². The van der Waals surface area contributed by atoms with Crippen LogP contribution < -0.4 is 5.32 Å². The van der Waals surface area contributed by atoms with Gasteiger partial charge in [-0.2, -0.15) is 0 Å². The standard InChI is InChI=1S/C13H15N3O3/c1-9-3-5-11(19-9)10-4-6-12(16-15-10)14-8-7-13(17)18-2/h3-6H,7-8H2,1-2H3,(H,14,16). The van der Waals surface area contributed by atoms with E-state index in [9.17, 15) is 4.79 Å². The second-order valence-electron chi connectivity index (χ2n) is 3.97. The number of furan rings is 1. The van der Waals surface area contributed by atoms with Gasteiger partial charge in [-0.3, -0.25) is 4.79 Å². The monoisotopic (exact) mass is 261 g/mol. The zero-order valence-electron chi connectivity index (χ0n) is 10.8. The molecule has 0 radical (unpaired) electrons. The smallest absolute Gasteiger partial charge is 0.307 e. The summed E-state index contributed by atoms with van der Waals surface area (Å²) < 4.78 is 9.99. The second-order valence-corrected chi connectivity index (χ2v) is 3.97.